The topological polar surface area (TPSA) is 89.5 Å². The molecule has 8 heteroatoms. The number of aromatic nitrogens is 2. The van der Waals surface area contributed by atoms with Gasteiger partial charge < -0.3 is 11.1 Å². The summed E-state index contributed by atoms with van der Waals surface area (Å²) in [7, 11) is 0. The first kappa shape index (κ1) is 16.2. The first-order valence-corrected chi connectivity index (χ1v) is 8.26. The van der Waals surface area contributed by atoms with E-state index in [0.717, 1.165) is 10.5 Å². The maximum absolute atomic E-state index is 11.9. The Hall–Kier alpha value is -2.64. The number of hydrogen-bond donors (Lipinski definition) is 2. The Labute approximate surface area is 146 Å². The zero-order chi connectivity index (χ0) is 17.1. The zero-order valence-corrected chi connectivity index (χ0v) is 14.0. The normalized spacial score (nSPS) is 11.2. The lowest BCUT2D eigenvalue weighted by Gasteiger charge is -2.03. The highest BCUT2D eigenvalue weighted by atomic mass is 35.5. The molecule has 0 atom stereocenters. The van der Waals surface area contributed by atoms with Crippen molar-refractivity contribution in [3.63, 3.8) is 0 Å². The monoisotopic (exact) mass is 360 g/mol. The number of carbonyl (C=O) groups is 2. The van der Waals surface area contributed by atoms with Crippen LogP contribution in [0.5, 0.6) is 0 Å². The third kappa shape index (κ3) is 3.47. The van der Waals surface area contributed by atoms with Crippen LogP contribution in [0.1, 0.15) is 21.6 Å². The van der Waals surface area contributed by atoms with E-state index in [1.165, 1.54) is 17.4 Å². The molecule has 0 saturated carbocycles. The van der Waals surface area contributed by atoms with Gasteiger partial charge in [-0.2, -0.15) is 0 Å². The van der Waals surface area contributed by atoms with Gasteiger partial charge in [0.2, 0.25) is 11.8 Å². The van der Waals surface area contributed by atoms with E-state index in [1.54, 1.807) is 30.3 Å². The molecule has 2 amide bonds. The van der Waals surface area contributed by atoms with E-state index < -0.39 is 5.91 Å². The summed E-state index contributed by atoms with van der Waals surface area (Å²) >= 11 is 7.53. The number of thiazole rings is 1. The van der Waals surface area contributed by atoms with Crippen molar-refractivity contribution >= 4 is 45.8 Å². The lowest BCUT2D eigenvalue weighted by molar-refractivity contribution is -0.116. The summed E-state index contributed by atoms with van der Waals surface area (Å²) in [6.45, 7) is 0.343. The molecule has 2 heterocycles. The second kappa shape index (κ2) is 6.86. The molecule has 3 aromatic rings. The molecule has 0 radical (unpaired) electrons. The minimum atomic E-state index is -0.481. The number of carbonyl (C=O) groups excluding carboxylic acids is 2. The number of primary amides is 1. The van der Waals surface area contributed by atoms with Gasteiger partial charge in [0.15, 0.2) is 10.1 Å². The summed E-state index contributed by atoms with van der Waals surface area (Å²) in [5, 5.41) is 5.01. The van der Waals surface area contributed by atoms with Crippen LogP contribution in [0, 0.1) is 0 Å². The first-order valence-electron chi connectivity index (χ1n) is 7.00. The largest absolute Gasteiger partial charge is 0.366 e. The number of nitrogens with one attached hydrogen (secondary N) is 1. The number of fused-ring (bicyclic) bond motifs is 1. The Morgan fingerprint density at radius 3 is 2.79 bits per heavy atom. The van der Waals surface area contributed by atoms with Crippen LogP contribution in [-0.2, 0) is 11.3 Å². The van der Waals surface area contributed by atoms with Crippen molar-refractivity contribution in [2.24, 2.45) is 5.73 Å². The van der Waals surface area contributed by atoms with Crippen molar-refractivity contribution in [3.8, 4) is 0 Å². The number of nitrogens with zero attached hydrogens (tertiary/aromatic N) is 2. The van der Waals surface area contributed by atoms with Gasteiger partial charge in [0.1, 0.15) is 0 Å². The third-order valence-corrected chi connectivity index (χ3v) is 4.39. The molecular formula is C16H13ClN4O2S. The number of hydrogen-bond acceptors (Lipinski definition) is 4. The molecule has 2 aromatic heterocycles. The molecule has 1 aromatic carbocycles. The molecule has 0 aliphatic rings. The minimum Gasteiger partial charge on any atom is -0.366 e. The molecule has 24 heavy (non-hydrogen) atoms. The van der Waals surface area contributed by atoms with Gasteiger partial charge in [-0.3, -0.25) is 14.0 Å². The average Bonchev–Trinajstić information content (AvgIpc) is 3.12. The van der Waals surface area contributed by atoms with Crippen molar-refractivity contribution in [1.82, 2.24) is 14.7 Å². The quantitative estimate of drug-likeness (QED) is 0.685. The highest BCUT2D eigenvalue weighted by Gasteiger charge is 2.08. The Kier molecular flexibility index (Phi) is 4.64. The predicted molar refractivity (Wildman–Crippen MR) is 93.9 cm³/mol. The van der Waals surface area contributed by atoms with E-state index in [2.05, 4.69) is 10.3 Å². The Morgan fingerprint density at radius 2 is 2.08 bits per heavy atom. The minimum absolute atomic E-state index is 0.254. The maximum Gasteiger partial charge on any atom is 0.248 e. The Bertz CT molecular complexity index is 927. The van der Waals surface area contributed by atoms with E-state index in [4.69, 9.17) is 17.3 Å². The van der Waals surface area contributed by atoms with Crippen molar-refractivity contribution in [2.75, 3.05) is 0 Å². The van der Waals surface area contributed by atoms with Gasteiger partial charge in [0.05, 0.1) is 5.69 Å². The van der Waals surface area contributed by atoms with E-state index >= 15 is 0 Å². The fourth-order valence-electron chi connectivity index (χ4n) is 2.12. The van der Waals surface area contributed by atoms with E-state index in [1.807, 2.05) is 16.0 Å². The number of rotatable bonds is 5. The molecule has 3 rings (SSSR count). The molecular weight excluding hydrogens is 348 g/mol. The van der Waals surface area contributed by atoms with Gasteiger partial charge in [0, 0.05) is 29.8 Å². The number of halogens is 1. The predicted octanol–water partition coefficient (Wildman–Crippen LogP) is 2.48. The summed E-state index contributed by atoms with van der Waals surface area (Å²) in [4.78, 5) is 27.9. The highest BCUT2D eigenvalue weighted by Crippen LogP contribution is 2.22. The van der Waals surface area contributed by atoms with Gasteiger partial charge in [0.25, 0.3) is 0 Å². The first-order chi connectivity index (χ1) is 11.5. The van der Waals surface area contributed by atoms with Crippen molar-refractivity contribution in [3.05, 3.63) is 63.9 Å². The Balaban J connectivity index is 1.62. The van der Waals surface area contributed by atoms with Crippen LogP contribution >= 0.6 is 22.9 Å². The number of benzene rings is 1. The fourth-order valence-corrected chi connectivity index (χ4v) is 3.12. The second-order valence-corrected chi connectivity index (χ2v) is 6.19. The highest BCUT2D eigenvalue weighted by molar-refractivity contribution is 7.15. The van der Waals surface area contributed by atoms with Crippen LogP contribution in [0.2, 0.25) is 5.15 Å². The van der Waals surface area contributed by atoms with Crippen LogP contribution in [0.25, 0.3) is 11.0 Å². The van der Waals surface area contributed by atoms with Gasteiger partial charge in [-0.05, 0) is 23.8 Å². The summed E-state index contributed by atoms with van der Waals surface area (Å²) < 4.78 is 1.82. The molecule has 0 spiro atoms. The van der Waals surface area contributed by atoms with Crippen molar-refractivity contribution < 1.29 is 9.59 Å². The summed E-state index contributed by atoms with van der Waals surface area (Å²) in [6.07, 6.45) is 4.88. The Morgan fingerprint density at radius 1 is 1.33 bits per heavy atom. The van der Waals surface area contributed by atoms with Crippen molar-refractivity contribution in [1.29, 1.82) is 0 Å². The second-order valence-electron chi connectivity index (χ2n) is 4.96. The number of amides is 2. The molecule has 0 unspecified atom stereocenters. The van der Waals surface area contributed by atoms with Crippen LogP contribution < -0.4 is 11.1 Å². The summed E-state index contributed by atoms with van der Waals surface area (Å²) in [6, 6.07) is 6.73. The molecule has 6 nitrogen and oxygen atoms in total. The van der Waals surface area contributed by atoms with E-state index in [-0.39, 0.29) is 5.91 Å². The fraction of sp³-hybridized carbons (Fsp3) is 0.0625. The molecule has 0 aliphatic carbocycles. The third-order valence-electron chi connectivity index (χ3n) is 3.35. The molecule has 0 bridgehead atoms. The van der Waals surface area contributed by atoms with Crippen LogP contribution in [0.15, 0.2) is 41.9 Å². The van der Waals surface area contributed by atoms with E-state index in [0.29, 0.717) is 23.0 Å². The summed E-state index contributed by atoms with van der Waals surface area (Å²) in [5.74, 6) is -0.735. The molecule has 0 saturated heterocycles. The van der Waals surface area contributed by atoms with Gasteiger partial charge in [-0.15, -0.1) is 11.3 Å². The lowest BCUT2D eigenvalue weighted by atomic mass is 10.1. The van der Waals surface area contributed by atoms with Crippen molar-refractivity contribution in [2.45, 2.75) is 6.54 Å². The van der Waals surface area contributed by atoms with Gasteiger partial charge >= 0.3 is 0 Å². The van der Waals surface area contributed by atoms with Crippen LogP contribution in [0.3, 0.4) is 0 Å². The van der Waals surface area contributed by atoms with Gasteiger partial charge in [-0.1, -0.05) is 23.7 Å². The summed E-state index contributed by atoms with van der Waals surface area (Å²) in [5.41, 5.74) is 7.14. The molecule has 3 N–H and O–H groups in total. The average molecular weight is 361 g/mol. The van der Waals surface area contributed by atoms with Crippen LogP contribution in [-0.4, -0.2) is 21.2 Å². The van der Waals surface area contributed by atoms with E-state index in [9.17, 15) is 9.59 Å². The number of nitrogens with two attached hydrogens (primary N) is 1. The van der Waals surface area contributed by atoms with Crippen LogP contribution in [0.4, 0.5) is 0 Å². The smallest absolute Gasteiger partial charge is 0.248 e. The zero-order valence-electron chi connectivity index (χ0n) is 12.4. The van der Waals surface area contributed by atoms with Gasteiger partial charge in [-0.25, -0.2) is 4.98 Å². The standard InChI is InChI=1S/C16H13ClN4O2S/c17-14-12(21-7-8-24-16(21)20-14)5-6-13(22)19-9-10-1-3-11(4-2-10)15(18)23/h1-8H,9H2,(H2,18,23)(H,19,22)/b6-5+. The molecule has 0 fully saturated rings. The molecule has 122 valence electrons. The molecule has 0 aliphatic heterocycles. The lowest BCUT2D eigenvalue weighted by Crippen LogP contribution is -2.20. The maximum atomic E-state index is 11.9. The SMILES string of the molecule is NC(=O)c1ccc(CNC(=O)/C=C/c2c(Cl)nc3sccn23)cc1. The number of imidazole rings is 1.